The van der Waals surface area contributed by atoms with E-state index in [0.29, 0.717) is 12.2 Å². The first-order valence-corrected chi connectivity index (χ1v) is 6.61. The molecular formula is C15H15N5O. The molecule has 2 aromatic heterocycles. The number of benzene rings is 1. The van der Waals surface area contributed by atoms with Crippen molar-refractivity contribution in [1.82, 2.24) is 15.0 Å². The van der Waals surface area contributed by atoms with Gasteiger partial charge >= 0.3 is 0 Å². The molecule has 4 N–H and O–H groups in total. The molecule has 3 rings (SSSR count). The van der Waals surface area contributed by atoms with Gasteiger partial charge in [0.15, 0.2) is 5.82 Å². The highest BCUT2D eigenvalue weighted by Crippen LogP contribution is 2.18. The van der Waals surface area contributed by atoms with Crippen LogP contribution in [0.2, 0.25) is 0 Å². The summed E-state index contributed by atoms with van der Waals surface area (Å²) in [5, 5.41) is 3.74. The molecule has 6 heteroatoms. The average molecular weight is 281 g/mol. The Hall–Kier alpha value is -2.73. The number of carbonyl (C=O) groups excluding carboxylic acids is 1. The molecule has 0 spiro atoms. The third-order valence-electron chi connectivity index (χ3n) is 3.27. The summed E-state index contributed by atoms with van der Waals surface area (Å²) in [5.41, 5.74) is 8.03. The van der Waals surface area contributed by atoms with Gasteiger partial charge in [-0.3, -0.25) is 9.78 Å². The number of hydrogen-bond acceptors (Lipinski definition) is 4. The highest BCUT2D eigenvalue weighted by molar-refractivity contribution is 5.94. The molecule has 21 heavy (non-hydrogen) atoms. The number of nitrogens with two attached hydrogens (primary N) is 1. The number of nitrogens with zero attached hydrogens (tertiary/aromatic N) is 2. The van der Waals surface area contributed by atoms with Crippen molar-refractivity contribution in [1.29, 1.82) is 0 Å². The molecule has 1 atom stereocenters. The lowest BCUT2D eigenvalue weighted by atomic mass is 10.1. The molecule has 0 aliphatic carbocycles. The fourth-order valence-corrected chi connectivity index (χ4v) is 2.21. The molecule has 0 radical (unpaired) electrons. The van der Waals surface area contributed by atoms with Gasteiger partial charge in [-0.1, -0.05) is 18.2 Å². The Morgan fingerprint density at radius 1 is 1.33 bits per heavy atom. The lowest BCUT2D eigenvalue weighted by molar-refractivity contribution is -0.117. The lowest BCUT2D eigenvalue weighted by Crippen LogP contribution is -2.37. The van der Waals surface area contributed by atoms with Crippen LogP contribution >= 0.6 is 0 Å². The zero-order valence-corrected chi connectivity index (χ0v) is 11.3. The summed E-state index contributed by atoms with van der Waals surface area (Å²) in [6.07, 6.45) is 6.88. The van der Waals surface area contributed by atoms with E-state index < -0.39 is 6.04 Å². The van der Waals surface area contributed by atoms with Crippen LogP contribution in [0.25, 0.3) is 10.9 Å². The van der Waals surface area contributed by atoms with Crippen LogP contribution in [-0.2, 0) is 11.2 Å². The smallest absolute Gasteiger partial charge is 0.242 e. The number of H-pyrrole nitrogens is 1. The van der Waals surface area contributed by atoms with E-state index in [1.165, 1.54) is 12.4 Å². The van der Waals surface area contributed by atoms with E-state index in [1.54, 1.807) is 6.20 Å². The van der Waals surface area contributed by atoms with Gasteiger partial charge in [-0.25, -0.2) is 4.98 Å². The van der Waals surface area contributed by atoms with Crippen molar-refractivity contribution in [3.63, 3.8) is 0 Å². The zero-order chi connectivity index (χ0) is 14.7. The highest BCUT2D eigenvalue weighted by atomic mass is 16.2. The second-order valence-corrected chi connectivity index (χ2v) is 4.75. The molecule has 0 aliphatic rings. The molecular weight excluding hydrogens is 266 g/mol. The minimum absolute atomic E-state index is 0.277. The first-order valence-electron chi connectivity index (χ1n) is 6.61. The summed E-state index contributed by atoms with van der Waals surface area (Å²) in [6, 6.07) is 7.28. The maximum atomic E-state index is 12.1. The number of anilines is 1. The van der Waals surface area contributed by atoms with E-state index in [4.69, 9.17) is 5.73 Å². The van der Waals surface area contributed by atoms with Gasteiger partial charge in [0.05, 0.1) is 12.2 Å². The summed E-state index contributed by atoms with van der Waals surface area (Å²) in [6.45, 7) is 0. The van der Waals surface area contributed by atoms with Gasteiger partial charge in [0.2, 0.25) is 5.91 Å². The number of para-hydroxylation sites is 1. The first kappa shape index (κ1) is 13.3. The average Bonchev–Trinajstić information content (AvgIpc) is 2.91. The minimum Gasteiger partial charge on any atom is -0.361 e. The Bertz CT molecular complexity index is 753. The van der Waals surface area contributed by atoms with Crippen LogP contribution in [0, 0.1) is 0 Å². The molecule has 0 saturated heterocycles. The summed E-state index contributed by atoms with van der Waals surface area (Å²) < 4.78 is 0. The van der Waals surface area contributed by atoms with Crippen LogP contribution < -0.4 is 11.1 Å². The predicted molar refractivity (Wildman–Crippen MR) is 80.6 cm³/mol. The van der Waals surface area contributed by atoms with Gasteiger partial charge < -0.3 is 16.0 Å². The summed E-state index contributed by atoms with van der Waals surface area (Å²) in [5.74, 6) is 0.123. The molecule has 0 fully saturated rings. The number of nitrogens with one attached hydrogen (secondary N) is 2. The lowest BCUT2D eigenvalue weighted by Gasteiger charge is -2.11. The summed E-state index contributed by atoms with van der Waals surface area (Å²) in [4.78, 5) is 23.1. The number of aromatic amines is 1. The van der Waals surface area contributed by atoms with Gasteiger partial charge in [-0.15, -0.1) is 0 Å². The highest BCUT2D eigenvalue weighted by Gasteiger charge is 2.16. The van der Waals surface area contributed by atoms with E-state index in [1.807, 2.05) is 30.5 Å². The molecule has 1 amide bonds. The predicted octanol–water partition coefficient (Wildman–Crippen LogP) is 1.47. The monoisotopic (exact) mass is 281 g/mol. The molecule has 0 saturated carbocycles. The standard InChI is InChI=1S/C15H15N5O/c16-12(15(21)20-14-9-17-5-6-18-14)7-10-8-19-13-4-2-1-3-11(10)13/h1-6,8-9,12,19H,7,16H2,(H,18,20,21). The van der Waals surface area contributed by atoms with Crippen LogP contribution in [-0.4, -0.2) is 26.9 Å². The normalized spacial score (nSPS) is 12.2. The molecule has 6 nitrogen and oxygen atoms in total. The van der Waals surface area contributed by atoms with Crippen molar-refractivity contribution in [2.75, 3.05) is 5.32 Å². The number of carbonyl (C=O) groups is 1. The van der Waals surface area contributed by atoms with Crippen LogP contribution in [0.5, 0.6) is 0 Å². The van der Waals surface area contributed by atoms with Crippen molar-refractivity contribution < 1.29 is 4.79 Å². The van der Waals surface area contributed by atoms with Crippen molar-refractivity contribution in [3.05, 3.63) is 54.6 Å². The maximum absolute atomic E-state index is 12.1. The van der Waals surface area contributed by atoms with E-state index in [0.717, 1.165) is 16.5 Å². The molecule has 3 aromatic rings. The second-order valence-electron chi connectivity index (χ2n) is 4.75. The van der Waals surface area contributed by atoms with E-state index in [2.05, 4.69) is 20.3 Å². The maximum Gasteiger partial charge on any atom is 0.242 e. The number of aromatic nitrogens is 3. The second kappa shape index (κ2) is 5.72. The van der Waals surface area contributed by atoms with Gasteiger partial charge in [-0.05, 0) is 18.1 Å². The van der Waals surface area contributed by atoms with E-state index in [9.17, 15) is 4.79 Å². The SMILES string of the molecule is NC(Cc1c[nH]c2ccccc12)C(=O)Nc1cnccn1. The number of rotatable bonds is 4. The number of hydrogen-bond donors (Lipinski definition) is 3. The first-order chi connectivity index (χ1) is 10.2. The molecule has 106 valence electrons. The molecule has 0 aliphatic heterocycles. The Kier molecular flexibility index (Phi) is 3.61. The molecule has 2 heterocycles. The van der Waals surface area contributed by atoms with Crippen LogP contribution in [0.4, 0.5) is 5.82 Å². The van der Waals surface area contributed by atoms with Gasteiger partial charge in [0, 0.05) is 29.5 Å². The third kappa shape index (κ3) is 2.90. The Morgan fingerprint density at radius 2 is 2.19 bits per heavy atom. The third-order valence-corrected chi connectivity index (χ3v) is 3.27. The van der Waals surface area contributed by atoms with E-state index in [-0.39, 0.29) is 5.91 Å². The Balaban J connectivity index is 1.71. The minimum atomic E-state index is -0.647. The molecule has 1 aromatic carbocycles. The van der Waals surface area contributed by atoms with Gasteiger partial charge in [0.1, 0.15) is 0 Å². The zero-order valence-electron chi connectivity index (χ0n) is 11.3. The number of amides is 1. The fourth-order valence-electron chi connectivity index (χ4n) is 2.21. The Labute approximate surface area is 121 Å². The quantitative estimate of drug-likeness (QED) is 0.674. The van der Waals surface area contributed by atoms with Crippen LogP contribution in [0.15, 0.2) is 49.1 Å². The van der Waals surface area contributed by atoms with E-state index >= 15 is 0 Å². The van der Waals surface area contributed by atoms with Crippen LogP contribution in [0.1, 0.15) is 5.56 Å². The van der Waals surface area contributed by atoms with Crippen molar-refractivity contribution in [2.45, 2.75) is 12.5 Å². The Morgan fingerprint density at radius 3 is 3.00 bits per heavy atom. The summed E-state index contributed by atoms with van der Waals surface area (Å²) >= 11 is 0. The summed E-state index contributed by atoms with van der Waals surface area (Å²) in [7, 11) is 0. The van der Waals surface area contributed by atoms with Gasteiger partial charge in [0.25, 0.3) is 0 Å². The fraction of sp³-hybridized carbons (Fsp3) is 0.133. The van der Waals surface area contributed by atoms with Crippen LogP contribution in [0.3, 0.4) is 0 Å². The largest absolute Gasteiger partial charge is 0.361 e. The topological polar surface area (TPSA) is 96.7 Å². The van der Waals surface area contributed by atoms with Crippen molar-refractivity contribution in [3.8, 4) is 0 Å². The van der Waals surface area contributed by atoms with Crippen molar-refractivity contribution >= 4 is 22.6 Å². The molecule has 1 unspecified atom stereocenters. The number of fused-ring (bicyclic) bond motifs is 1. The molecule has 0 bridgehead atoms. The van der Waals surface area contributed by atoms with Crippen molar-refractivity contribution in [2.24, 2.45) is 5.73 Å². The van der Waals surface area contributed by atoms with Gasteiger partial charge in [-0.2, -0.15) is 0 Å².